The number of likely N-dealkylation sites (tertiary alicyclic amines) is 1. The molecule has 1 saturated heterocycles. The predicted molar refractivity (Wildman–Crippen MR) is 103 cm³/mol. The molecule has 1 amide bonds. The van der Waals surface area contributed by atoms with Gasteiger partial charge in [0.2, 0.25) is 5.91 Å². The topological polar surface area (TPSA) is 60.8 Å². The molecule has 4 heteroatoms. The molecule has 0 radical (unpaired) electrons. The number of carbonyl (C=O) groups excluding carboxylic acids is 1. The molecule has 1 aliphatic heterocycles. The SMILES string of the molecule is CCCCCCCCCCCCC[C@H](O)[C@H]1CN(C(C)=O)[C@@H](C)[C@@H]1O. The van der Waals surface area contributed by atoms with Gasteiger partial charge in [-0.05, 0) is 13.3 Å². The molecule has 2 N–H and O–H groups in total. The second-order valence-corrected chi connectivity index (χ2v) is 7.96. The van der Waals surface area contributed by atoms with E-state index in [0.29, 0.717) is 6.54 Å². The maximum Gasteiger partial charge on any atom is 0.219 e. The maximum absolute atomic E-state index is 11.6. The highest BCUT2D eigenvalue weighted by Crippen LogP contribution is 2.28. The molecule has 1 aliphatic rings. The van der Waals surface area contributed by atoms with Gasteiger partial charge < -0.3 is 15.1 Å². The Labute approximate surface area is 155 Å². The summed E-state index contributed by atoms with van der Waals surface area (Å²) >= 11 is 0. The van der Waals surface area contributed by atoms with E-state index in [9.17, 15) is 15.0 Å². The van der Waals surface area contributed by atoms with E-state index in [1.54, 1.807) is 4.90 Å². The predicted octanol–water partition coefficient (Wildman–Crippen LogP) is 4.28. The van der Waals surface area contributed by atoms with E-state index in [2.05, 4.69) is 6.92 Å². The van der Waals surface area contributed by atoms with Crippen LogP contribution < -0.4 is 0 Å². The first kappa shape index (κ1) is 22.4. The minimum Gasteiger partial charge on any atom is -0.393 e. The Morgan fingerprint density at radius 2 is 1.48 bits per heavy atom. The highest BCUT2D eigenvalue weighted by Gasteiger charge is 2.42. The van der Waals surface area contributed by atoms with E-state index in [1.807, 2.05) is 6.92 Å². The molecule has 4 atom stereocenters. The van der Waals surface area contributed by atoms with Crippen LogP contribution in [0.3, 0.4) is 0 Å². The van der Waals surface area contributed by atoms with E-state index >= 15 is 0 Å². The number of hydrogen-bond acceptors (Lipinski definition) is 3. The first-order valence-corrected chi connectivity index (χ1v) is 10.6. The number of amides is 1. The second-order valence-electron chi connectivity index (χ2n) is 7.96. The molecule has 148 valence electrons. The van der Waals surface area contributed by atoms with Crippen molar-refractivity contribution >= 4 is 5.91 Å². The normalized spacial score (nSPS) is 24.7. The van der Waals surface area contributed by atoms with Crippen LogP contribution in [0.2, 0.25) is 0 Å². The minimum absolute atomic E-state index is 0.0176. The lowest BCUT2D eigenvalue weighted by Gasteiger charge is -2.21. The molecule has 0 unspecified atom stereocenters. The van der Waals surface area contributed by atoms with E-state index in [1.165, 1.54) is 64.7 Å². The molecule has 25 heavy (non-hydrogen) atoms. The average Bonchev–Trinajstić information content (AvgIpc) is 2.88. The summed E-state index contributed by atoms with van der Waals surface area (Å²) in [5.74, 6) is -0.210. The van der Waals surface area contributed by atoms with Crippen molar-refractivity contribution in [3.8, 4) is 0 Å². The van der Waals surface area contributed by atoms with Crippen LogP contribution in [-0.2, 0) is 4.79 Å². The zero-order valence-corrected chi connectivity index (χ0v) is 16.8. The van der Waals surface area contributed by atoms with Gasteiger partial charge in [0.05, 0.1) is 18.2 Å². The lowest BCUT2D eigenvalue weighted by Crippen LogP contribution is -2.36. The van der Waals surface area contributed by atoms with Gasteiger partial charge in [-0.3, -0.25) is 4.79 Å². The summed E-state index contributed by atoms with van der Waals surface area (Å²) in [6.45, 7) is 6.13. The number of aliphatic hydroxyl groups excluding tert-OH is 2. The Kier molecular flexibility index (Phi) is 11.4. The van der Waals surface area contributed by atoms with Crippen molar-refractivity contribution in [3.05, 3.63) is 0 Å². The largest absolute Gasteiger partial charge is 0.393 e. The van der Waals surface area contributed by atoms with Crippen molar-refractivity contribution in [1.29, 1.82) is 0 Å². The van der Waals surface area contributed by atoms with Crippen LogP contribution in [0.25, 0.3) is 0 Å². The third-order valence-corrected chi connectivity index (χ3v) is 5.83. The molecule has 0 aromatic rings. The van der Waals surface area contributed by atoms with Gasteiger partial charge in [-0.15, -0.1) is 0 Å². The standard InChI is InChI=1S/C21H41NO3/c1-4-5-6-7-8-9-10-11-12-13-14-15-20(24)19-16-22(18(3)23)17(2)21(19)25/h17,19-21,24-25H,4-16H2,1-3H3/t17-,19+,20-,21-/m0/s1. The molecule has 0 bridgehead atoms. The van der Waals surface area contributed by atoms with Crippen molar-refractivity contribution in [3.63, 3.8) is 0 Å². The van der Waals surface area contributed by atoms with Crippen molar-refractivity contribution in [2.75, 3.05) is 6.54 Å². The molecule has 0 saturated carbocycles. The summed E-state index contributed by atoms with van der Waals surface area (Å²) in [5, 5.41) is 20.7. The molecule has 1 rings (SSSR count). The Morgan fingerprint density at radius 3 is 1.92 bits per heavy atom. The zero-order chi connectivity index (χ0) is 18.7. The fraction of sp³-hybridized carbons (Fsp3) is 0.952. The van der Waals surface area contributed by atoms with Gasteiger partial charge in [0, 0.05) is 19.4 Å². The molecule has 0 aromatic carbocycles. The summed E-state index contributed by atoms with van der Waals surface area (Å²) in [6, 6.07) is -0.186. The lowest BCUT2D eigenvalue weighted by molar-refractivity contribution is -0.130. The van der Waals surface area contributed by atoms with Gasteiger partial charge in [-0.25, -0.2) is 0 Å². The van der Waals surface area contributed by atoms with Crippen molar-refractivity contribution in [2.24, 2.45) is 5.92 Å². The molecule has 0 aliphatic carbocycles. The zero-order valence-electron chi connectivity index (χ0n) is 16.8. The van der Waals surface area contributed by atoms with Crippen LogP contribution in [-0.4, -0.2) is 45.8 Å². The van der Waals surface area contributed by atoms with Gasteiger partial charge in [0.25, 0.3) is 0 Å². The third kappa shape index (κ3) is 8.08. The minimum atomic E-state index is -0.605. The summed E-state index contributed by atoms with van der Waals surface area (Å²) < 4.78 is 0. The van der Waals surface area contributed by atoms with Crippen LogP contribution in [0.15, 0.2) is 0 Å². The Hall–Kier alpha value is -0.610. The van der Waals surface area contributed by atoms with Crippen LogP contribution >= 0.6 is 0 Å². The number of hydrogen-bond donors (Lipinski definition) is 2. The molecule has 4 nitrogen and oxygen atoms in total. The fourth-order valence-electron chi connectivity index (χ4n) is 4.04. The maximum atomic E-state index is 11.6. The summed E-state index contributed by atoms with van der Waals surface area (Å²) in [6.07, 6.45) is 13.9. The number of carbonyl (C=O) groups is 1. The van der Waals surface area contributed by atoms with Crippen LogP contribution in [0, 0.1) is 5.92 Å². The molecular formula is C21H41NO3. The molecular weight excluding hydrogens is 314 g/mol. The van der Waals surface area contributed by atoms with E-state index in [-0.39, 0.29) is 17.9 Å². The summed E-state index contributed by atoms with van der Waals surface area (Å²) in [7, 11) is 0. The summed E-state index contributed by atoms with van der Waals surface area (Å²) in [5.41, 5.74) is 0. The smallest absolute Gasteiger partial charge is 0.219 e. The number of rotatable bonds is 13. The van der Waals surface area contributed by atoms with Crippen LogP contribution in [0.5, 0.6) is 0 Å². The van der Waals surface area contributed by atoms with Gasteiger partial charge in [-0.2, -0.15) is 0 Å². The number of aliphatic hydroxyl groups is 2. The van der Waals surface area contributed by atoms with Crippen LogP contribution in [0.4, 0.5) is 0 Å². The summed E-state index contributed by atoms with van der Waals surface area (Å²) in [4.78, 5) is 13.2. The first-order valence-electron chi connectivity index (χ1n) is 10.6. The number of nitrogens with zero attached hydrogens (tertiary/aromatic N) is 1. The van der Waals surface area contributed by atoms with E-state index < -0.39 is 12.2 Å². The van der Waals surface area contributed by atoms with Gasteiger partial charge in [-0.1, -0.05) is 77.6 Å². The Bertz CT molecular complexity index is 361. The third-order valence-electron chi connectivity index (χ3n) is 5.83. The number of unbranched alkanes of at least 4 members (excludes halogenated alkanes) is 10. The first-order chi connectivity index (χ1) is 12.0. The molecule has 1 fully saturated rings. The van der Waals surface area contributed by atoms with Crippen LogP contribution in [0.1, 0.15) is 97.8 Å². The lowest BCUT2D eigenvalue weighted by atomic mass is 9.92. The fourth-order valence-corrected chi connectivity index (χ4v) is 4.04. The molecule has 1 heterocycles. The Morgan fingerprint density at radius 1 is 1.00 bits per heavy atom. The monoisotopic (exact) mass is 355 g/mol. The highest BCUT2D eigenvalue weighted by molar-refractivity contribution is 5.74. The van der Waals surface area contributed by atoms with Gasteiger partial charge in [0.15, 0.2) is 0 Å². The van der Waals surface area contributed by atoms with Gasteiger partial charge >= 0.3 is 0 Å². The molecule has 0 aromatic heterocycles. The Balaban J connectivity index is 2.04. The average molecular weight is 356 g/mol. The van der Waals surface area contributed by atoms with E-state index in [4.69, 9.17) is 0 Å². The van der Waals surface area contributed by atoms with E-state index in [0.717, 1.165) is 19.3 Å². The van der Waals surface area contributed by atoms with Crippen molar-refractivity contribution in [2.45, 2.75) is 116 Å². The van der Waals surface area contributed by atoms with Crippen molar-refractivity contribution in [1.82, 2.24) is 4.90 Å². The highest BCUT2D eigenvalue weighted by atomic mass is 16.3. The molecule has 0 spiro atoms. The quantitative estimate of drug-likeness (QED) is 0.485. The van der Waals surface area contributed by atoms with Crippen molar-refractivity contribution < 1.29 is 15.0 Å². The second kappa shape index (κ2) is 12.7. The van der Waals surface area contributed by atoms with Gasteiger partial charge in [0.1, 0.15) is 0 Å².